The van der Waals surface area contributed by atoms with Gasteiger partial charge in [0.15, 0.2) is 0 Å². The zero-order valence-electron chi connectivity index (χ0n) is 8.78. The van der Waals surface area contributed by atoms with Gasteiger partial charge in [0, 0.05) is 19.1 Å². The van der Waals surface area contributed by atoms with Crippen LogP contribution in [0, 0.1) is 0 Å². The van der Waals surface area contributed by atoms with Crippen LogP contribution in [0.25, 0.3) is 0 Å². The number of aliphatic hydroxyl groups is 1. The average molecular weight is 207 g/mol. The maximum atomic E-state index is 8.74. The second-order valence-electron chi connectivity index (χ2n) is 3.94. The van der Waals surface area contributed by atoms with Gasteiger partial charge in [0.1, 0.15) is 5.75 Å². The number of aliphatic hydroxyl groups excluding tert-OH is 1. The highest BCUT2D eigenvalue weighted by Gasteiger charge is 2.14. The Morgan fingerprint density at radius 1 is 1.47 bits per heavy atom. The van der Waals surface area contributed by atoms with E-state index < -0.39 is 0 Å². The van der Waals surface area contributed by atoms with Crippen molar-refractivity contribution < 1.29 is 9.84 Å². The van der Waals surface area contributed by atoms with Gasteiger partial charge in [-0.2, -0.15) is 0 Å². The zero-order valence-corrected chi connectivity index (χ0v) is 8.78. The van der Waals surface area contributed by atoms with Crippen molar-refractivity contribution in [3.8, 4) is 5.75 Å². The lowest BCUT2D eigenvalue weighted by Gasteiger charge is -2.12. The largest absolute Gasteiger partial charge is 0.493 e. The number of ether oxygens (including phenoxy) is 1. The maximum Gasteiger partial charge on any atom is 0.122 e. The third-order valence-electron chi connectivity index (χ3n) is 2.81. The van der Waals surface area contributed by atoms with Crippen molar-refractivity contribution in [2.24, 2.45) is 5.73 Å². The molecule has 0 saturated heterocycles. The molecule has 0 saturated carbocycles. The summed E-state index contributed by atoms with van der Waals surface area (Å²) in [5, 5.41) is 8.74. The summed E-state index contributed by atoms with van der Waals surface area (Å²) in [5.74, 6) is 0.994. The molecule has 1 aliphatic rings. The van der Waals surface area contributed by atoms with Crippen LogP contribution in [-0.4, -0.2) is 18.3 Å². The molecule has 1 atom stereocenters. The summed E-state index contributed by atoms with van der Waals surface area (Å²) in [6.45, 7) is 0.992. The molecule has 1 aliphatic heterocycles. The quantitative estimate of drug-likeness (QED) is 0.784. The zero-order chi connectivity index (χ0) is 10.7. The fourth-order valence-electron chi connectivity index (χ4n) is 1.92. The van der Waals surface area contributed by atoms with E-state index in [2.05, 4.69) is 6.07 Å². The Bertz CT molecular complexity index is 338. The highest BCUT2D eigenvalue weighted by Crippen LogP contribution is 2.28. The monoisotopic (exact) mass is 207 g/mol. The molecule has 15 heavy (non-hydrogen) atoms. The smallest absolute Gasteiger partial charge is 0.122 e. The van der Waals surface area contributed by atoms with Gasteiger partial charge in [-0.25, -0.2) is 0 Å². The van der Waals surface area contributed by atoms with Crippen LogP contribution in [0.5, 0.6) is 5.75 Å². The van der Waals surface area contributed by atoms with Gasteiger partial charge in [0.05, 0.1) is 6.61 Å². The highest BCUT2D eigenvalue weighted by molar-refractivity contribution is 5.40. The van der Waals surface area contributed by atoms with E-state index in [1.807, 2.05) is 12.1 Å². The second kappa shape index (κ2) is 4.64. The lowest BCUT2D eigenvalue weighted by atomic mass is 10.00. The van der Waals surface area contributed by atoms with Gasteiger partial charge in [-0.05, 0) is 30.0 Å². The van der Waals surface area contributed by atoms with Crippen molar-refractivity contribution >= 4 is 0 Å². The summed E-state index contributed by atoms with van der Waals surface area (Å²) in [4.78, 5) is 0. The summed E-state index contributed by atoms with van der Waals surface area (Å²) in [6, 6.07) is 6.18. The lowest BCUT2D eigenvalue weighted by molar-refractivity contribution is 0.280. The Labute approximate surface area is 89.9 Å². The van der Waals surface area contributed by atoms with E-state index in [4.69, 9.17) is 15.6 Å². The van der Waals surface area contributed by atoms with E-state index in [0.29, 0.717) is 0 Å². The SMILES string of the molecule is N[C@@H](CCCO)c1ccc2c(c1)CCO2. The third kappa shape index (κ3) is 2.30. The molecule has 1 aromatic rings. The Hall–Kier alpha value is -1.06. The molecule has 3 heteroatoms. The van der Waals surface area contributed by atoms with Crippen molar-refractivity contribution in [3.05, 3.63) is 29.3 Å². The molecule has 82 valence electrons. The summed E-state index contributed by atoms with van der Waals surface area (Å²) in [5.41, 5.74) is 8.43. The van der Waals surface area contributed by atoms with Gasteiger partial charge < -0.3 is 15.6 Å². The van der Waals surface area contributed by atoms with Crippen LogP contribution < -0.4 is 10.5 Å². The number of hydrogen-bond acceptors (Lipinski definition) is 3. The summed E-state index contributed by atoms with van der Waals surface area (Å²) >= 11 is 0. The minimum atomic E-state index is 0.0306. The molecular weight excluding hydrogens is 190 g/mol. The van der Waals surface area contributed by atoms with Gasteiger partial charge in [-0.3, -0.25) is 0 Å². The Balaban J connectivity index is 2.08. The van der Waals surface area contributed by atoms with E-state index in [1.165, 1.54) is 5.56 Å². The third-order valence-corrected chi connectivity index (χ3v) is 2.81. The Morgan fingerprint density at radius 3 is 3.13 bits per heavy atom. The van der Waals surface area contributed by atoms with Crippen molar-refractivity contribution in [1.82, 2.24) is 0 Å². The lowest BCUT2D eigenvalue weighted by Crippen LogP contribution is -2.10. The molecular formula is C12H17NO2. The number of benzene rings is 1. The van der Waals surface area contributed by atoms with E-state index in [-0.39, 0.29) is 12.6 Å². The topological polar surface area (TPSA) is 55.5 Å². The first-order valence-electron chi connectivity index (χ1n) is 5.43. The van der Waals surface area contributed by atoms with E-state index >= 15 is 0 Å². The first-order valence-corrected chi connectivity index (χ1v) is 5.43. The molecule has 0 unspecified atom stereocenters. The summed E-state index contributed by atoms with van der Waals surface area (Å²) < 4.78 is 5.43. The first kappa shape index (κ1) is 10.5. The molecule has 1 heterocycles. The van der Waals surface area contributed by atoms with Crippen LogP contribution in [0.1, 0.15) is 30.0 Å². The number of rotatable bonds is 4. The molecule has 0 fully saturated rings. The van der Waals surface area contributed by atoms with Gasteiger partial charge in [0.25, 0.3) is 0 Å². The average Bonchev–Trinajstić information content (AvgIpc) is 2.72. The maximum absolute atomic E-state index is 8.74. The van der Waals surface area contributed by atoms with Crippen LogP contribution in [0.2, 0.25) is 0 Å². The molecule has 3 nitrogen and oxygen atoms in total. The fraction of sp³-hybridized carbons (Fsp3) is 0.500. The fourth-order valence-corrected chi connectivity index (χ4v) is 1.92. The first-order chi connectivity index (χ1) is 7.31. The molecule has 0 spiro atoms. The standard InChI is InChI=1S/C12H17NO2/c13-11(2-1-6-14)9-3-4-12-10(8-9)5-7-15-12/h3-4,8,11,14H,1-2,5-7,13H2/t11-/m0/s1. The van der Waals surface area contributed by atoms with Gasteiger partial charge in [-0.1, -0.05) is 12.1 Å². The van der Waals surface area contributed by atoms with E-state index in [0.717, 1.165) is 37.2 Å². The normalized spacial score (nSPS) is 15.9. The number of hydrogen-bond donors (Lipinski definition) is 2. The van der Waals surface area contributed by atoms with Gasteiger partial charge in [0.2, 0.25) is 0 Å². The van der Waals surface area contributed by atoms with Crippen LogP contribution in [0.4, 0.5) is 0 Å². The summed E-state index contributed by atoms with van der Waals surface area (Å²) in [7, 11) is 0. The van der Waals surface area contributed by atoms with Crippen molar-refractivity contribution in [2.45, 2.75) is 25.3 Å². The van der Waals surface area contributed by atoms with Gasteiger partial charge in [-0.15, -0.1) is 0 Å². The molecule has 0 aliphatic carbocycles. The summed E-state index contributed by atoms with van der Waals surface area (Å²) in [6.07, 6.45) is 2.57. The Morgan fingerprint density at radius 2 is 2.33 bits per heavy atom. The van der Waals surface area contributed by atoms with Crippen LogP contribution in [0.3, 0.4) is 0 Å². The predicted octanol–water partition coefficient (Wildman–Crippen LogP) is 1.39. The molecule has 0 radical (unpaired) electrons. The van der Waals surface area contributed by atoms with Crippen LogP contribution in [0.15, 0.2) is 18.2 Å². The molecule has 0 amide bonds. The van der Waals surface area contributed by atoms with Crippen LogP contribution in [-0.2, 0) is 6.42 Å². The predicted molar refractivity (Wildman–Crippen MR) is 58.9 cm³/mol. The molecule has 0 aromatic heterocycles. The molecule has 3 N–H and O–H groups in total. The van der Waals surface area contributed by atoms with Gasteiger partial charge >= 0.3 is 0 Å². The van der Waals surface area contributed by atoms with E-state index in [1.54, 1.807) is 0 Å². The second-order valence-corrected chi connectivity index (χ2v) is 3.94. The minimum Gasteiger partial charge on any atom is -0.493 e. The van der Waals surface area contributed by atoms with Crippen molar-refractivity contribution in [1.29, 1.82) is 0 Å². The minimum absolute atomic E-state index is 0.0306. The molecule has 1 aromatic carbocycles. The number of fused-ring (bicyclic) bond motifs is 1. The highest BCUT2D eigenvalue weighted by atomic mass is 16.5. The van der Waals surface area contributed by atoms with Crippen molar-refractivity contribution in [3.63, 3.8) is 0 Å². The van der Waals surface area contributed by atoms with Crippen LogP contribution >= 0.6 is 0 Å². The Kier molecular flexibility index (Phi) is 3.23. The number of nitrogens with two attached hydrogens (primary N) is 1. The molecule has 2 rings (SSSR count). The molecule has 0 bridgehead atoms. The van der Waals surface area contributed by atoms with Crippen molar-refractivity contribution in [2.75, 3.05) is 13.2 Å². The van der Waals surface area contributed by atoms with E-state index in [9.17, 15) is 0 Å².